The van der Waals surface area contributed by atoms with Crippen molar-refractivity contribution in [1.29, 1.82) is 0 Å². The van der Waals surface area contributed by atoms with Crippen LogP contribution in [-0.2, 0) is 4.74 Å². The number of likely N-dealkylation sites (tertiary alicyclic amines) is 1. The molecule has 0 bridgehead atoms. The zero-order valence-corrected chi connectivity index (χ0v) is 19.1. The van der Waals surface area contributed by atoms with Gasteiger partial charge in [-0.25, -0.2) is 4.79 Å². The van der Waals surface area contributed by atoms with Crippen LogP contribution in [0.4, 0.5) is 23.7 Å². The molecule has 0 aromatic heterocycles. The van der Waals surface area contributed by atoms with E-state index in [9.17, 15) is 18.0 Å². The number of benzene rings is 2. The number of nitrogens with zero attached hydrogens (tertiary/aromatic N) is 1. The third-order valence-electron chi connectivity index (χ3n) is 5.48. The van der Waals surface area contributed by atoms with Gasteiger partial charge in [-0.2, -0.15) is 13.2 Å². The van der Waals surface area contributed by atoms with E-state index in [1.54, 1.807) is 25.2 Å². The van der Waals surface area contributed by atoms with Crippen molar-refractivity contribution in [3.63, 3.8) is 0 Å². The largest absolute Gasteiger partial charge is 0.497 e. The van der Waals surface area contributed by atoms with Crippen molar-refractivity contribution in [3.05, 3.63) is 53.1 Å². The summed E-state index contributed by atoms with van der Waals surface area (Å²) in [5.41, 5.74) is 1.22. The molecule has 2 atom stereocenters. The number of carbonyl (C=O) groups is 1. The standard InChI is InChI=1S/C23H26ClF3N2O4/c1-31-19-10-16(11-20(12-19)32-2)15-4-3-9-29(13-15)14-21(23(25,26)27)33-22(30)28-18-7-5-17(24)6-8-18/h5-8,10-12,15,21H,3-4,9,13-14H2,1-2H3,(H,28,30)/t15?,21-/m0/s1. The Morgan fingerprint density at radius 2 is 1.79 bits per heavy atom. The average molecular weight is 487 g/mol. The summed E-state index contributed by atoms with van der Waals surface area (Å²) in [5.74, 6) is 1.24. The van der Waals surface area contributed by atoms with Gasteiger partial charge in [0.05, 0.1) is 14.2 Å². The molecule has 1 N–H and O–H groups in total. The molecule has 1 heterocycles. The van der Waals surface area contributed by atoms with Crippen molar-refractivity contribution >= 4 is 23.4 Å². The summed E-state index contributed by atoms with van der Waals surface area (Å²) in [6.45, 7) is 0.423. The molecule has 1 saturated heterocycles. The van der Waals surface area contributed by atoms with E-state index in [4.69, 9.17) is 25.8 Å². The molecule has 0 radical (unpaired) electrons. The Bertz CT molecular complexity index is 918. The van der Waals surface area contributed by atoms with Crippen LogP contribution in [0.3, 0.4) is 0 Å². The molecular formula is C23H26ClF3N2O4. The van der Waals surface area contributed by atoms with Gasteiger partial charge in [0.2, 0.25) is 6.10 Å². The lowest BCUT2D eigenvalue weighted by molar-refractivity contribution is -0.207. The van der Waals surface area contributed by atoms with Gasteiger partial charge < -0.3 is 14.2 Å². The van der Waals surface area contributed by atoms with Gasteiger partial charge in [-0.3, -0.25) is 10.2 Å². The van der Waals surface area contributed by atoms with Crippen LogP contribution in [0, 0.1) is 0 Å². The quantitative estimate of drug-likeness (QED) is 0.542. The smallest absolute Gasteiger partial charge is 0.426 e. The average Bonchev–Trinajstić information content (AvgIpc) is 2.79. The Balaban J connectivity index is 1.66. The molecule has 180 valence electrons. The first-order chi connectivity index (χ1) is 15.7. The molecule has 0 aliphatic carbocycles. The summed E-state index contributed by atoms with van der Waals surface area (Å²) < 4.78 is 56.4. The van der Waals surface area contributed by atoms with Gasteiger partial charge >= 0.3 is 12.3 Å². The van der Waals surface area contributed by atoms with Gasteiger partial charge in [-0.15, -0.1) is 0 Å². The first-order valence-corrected chi connectivity index (χ1v) is 10.8. The first kappa shape index (κ1) is 25.0. The fraction of sp³-hybridized carbons (Fsp3) is 0.435. The molecule has 33 heavy (non-hydrogen) atoms. The number of piperidine rings is 1. The van der Waals surface area contributed by atoms with Crippen molar-refractivity contribution < 1.29 is 32.2 Å². The van der Waals surface area contributed by atoms with E-state index in [2.05, 4.69) is 5.32 Å². The number of anilines is 1. The molecule has 3 rings (SSSR count). The molecule has 1 unspecified atom stereocenters. The van der Waals surface area contributed by atoms with Crippen molar-refractivity contribution in [2.24, 2.45) is 0 Å². The Morgan fingerprint density at radius 3 is 2.36 bits per heavy atom. The third-order valence-corrected chi connectivity index (χ3v) is 5.73. The Labute approximate surface area is 195 Å². The molecule has 1 aliphatic heterocycles. The number of rotatable bonds is 7. The molecule has 2 aromatic rings. The highest BCUT2D eigenvalue weighted by Gasteiger charge is 2.44. The van der Waals surface area contributed by atoms with Crippen LogP contribution in [0.2, 0.25) is 5.02 Å². The fourth-order valence-corrected chi connectivity index (χ4v) is 3.94. The van der Waals surface area contributed by atoms with Crippen molar-refractivity contribution in [1.82, 2.24) is 4.90 Å². The minimum absolute atomic E-state index is 0.000438. The van der Waals surface area contributed by atoms with E-state index < -0.39 is 24.9 Å². The Morgan fingerprint density at radius 1 is 1.15 bits per heavy atom. The topological polar surface area (TPSA) is 60.0 Å². The predicted octanol–water partition coefficient (Wildman–Crippen LogP) is 5.72. The zero-order chi connectivity index (χ0) is 24.0. The predicted molar refractivity (Wildman–Crippen MR) is 119 cm³/mol. The summed E-state index contributed by atoms with van der Waals surface area (Å²) in [6.07, 6.45) is -6.61. The molecule has 0 spiro atoms. The van der Waals surface area contributed by atoms with Crippen LogP contribution in [0.25, 0.3) is 0 Å². The molecule has 1 aliphatic rings. The number of carbonyl (C=O) groups excluding carboxylic acids is 1. The first-order valence-electron chi connectivity index (χ1n) is 10.4. The second kappa shape index (κ2) is 11.0. The van der Waals surface area contributed by atoms with E-state index in [1.165, 1.54) is 24.3 Å². The second-order valence-electron chi connectivity index (χ2n) is 7.81. The number of hydrogen-bond acceptors (Lipinski definition) is 5. The van der Waals surface area contributed by atoms with Gasteiger partial charge in [-0.1, -0.05) is 11.6 Å². The highest BCUT2D eigenvalue weighted by atomic mass is 35.5. The van der Waals surface area contributed by atoms with Crippen LogP contribution in [-0.4, -0.2) is 57.1 Å². The number of nitrogens with one attached hydrogen (secondary N) is 1. The molecule has 2 aromatic carbocycles. The summed E-state index contributed by atoms with van der Waals surface area (Å²) in [6, 6.07) is 11.5. The molecule has 10 heteroatoms. The molecule has 0 saturated carbocycles. The maximum atomic E-state index is 13.7. The van der Waals surface area contributed by atoms with Crippen LogP contribution in [0.15, 0.2) is 42.5 Å². The monoisotopic (exact) mass is 486 g/mol. The van der Waals surface area contributed by atoms with Crippen LogP contribution < -0.4 is 14.8 Å². The lowest BCUT2D eigenvalue weighted by Gasteiger charge is -2.35. The van der Waals surface area contributed by atoms with E-state index >= 15 is 0 Å². The third kappa shape index (κ3) is 7.17. The number of halogens is 4. The van der Waals surface area contributed by atoms with E-state index in [1.807, 2.05) is 12.1 Å². The molecule has 1 amide bonds. The second-order valence-corrected chi connectivity index (χ2v) is 8.25. The minimum atomic E-state index is -4.70. The zero-order valence-electron chi connectivity index (χ0n) is 18.3. The van der Waals surface area contributed by atoms with Gasteiger partial charge in [0, 0.05) is 29.9 Å². The van der Waals surface area contributed by atoms with Gasteiger partial charge in [0.15, 0.2) is 0 Å². The van der Waals surface area contributed by atoms with Gasteiger partial charge in [0.25, 0.3) is 0 Å². The lowest BCUT2D eigenvalue weighted by Crippen LogP contribution is -2.47. The summed E-state index contributed by atoms with van der Waals surface area (Å²) in [7, 11) is 3.10. The number of alkyl halides is 3. The van der Waals surface area contributed by atoms with Gasteiger partial charge in [-0.05, 0) is 67.3 Å². The molecule has 6 nitrogen and oxygen atoms in total. The molecule has 1 fully saturated rings. The normalized spacial score (nSPS) is 17.8. The van der Waals surface area contributed by atoms with E-state index in [0.717, 1.165) is 12.0 Å². The van der Waals surface area contributed by atoms with Crippen LogP contribution in [0.1, 0.15) is 24.3 Å². The lowest BCUT2D eigenvalue weighted by atomic mass is 9.90. The molecular weight excluding hydrogens is 461 g/mol. The summed E-state index contributed by atoms with van der Waals surface area (Å²) >= 11 is 5.78. The van der Waals surface area contributed by atoms with Crippen molar-refractivity contribution in [2.75, 3.05) is 39.2 Å². The number of methoxy groups -OCH3 is 2. The van der Waals surface area contributed by atoms with E-state index in [0.29, 0.717) is 36.0 Å². The maximum absolute atomic E-state index is 13.7. The Kier molecular flexibility index (Phi) is 8.31. The van der Waals surface area contributed by atoms with Crippen molar-refractivity contribution in [3.8, 4) is 11.5 Å². The maximum Gasteiger partial charge on any atom is 0.426 e. The van der Waals surface area contributed by atoms with Crippen LogP contribution in [0.5, 0.6) is 11.5 Å². The fourth-order valence-electron chi connectivity index (χ4n) is 3.81. The minimum Gasteiger partial charge on any atom is -0.497 e. The summed E-state index contributed by atoms with van der Waals surface area (Å²) in [5, 5.41) is 2.74. The summed E-state index contributed by atoms with van der Waals surface area (Å²) in [4.78, 5) is 13.8. The van der Waals surface area contributed by atoms with Crippen molar-refractivity contribution in [2.45, 2.75) is 31.0 Å². The number of ether oxygens (including phenoxy) is 3. The van der Waals surface area contributed by atoms with Crippen LogP contribution >= 0.6 is 11.6 Å². The van der Waals surface area contributed by atoms with E-state index in [-0.39, 0.29) is 11.6 Å². The highest BCUT2D eigenvalue weighted by Crippen LogP contribution is 2.34. The number of amides is 1. The highest BCUT2D eigenvalue weighted by molar-refractivity contribution is 6.30. The Hall–Kier alpha value is -2.65. The van der Waals surface area contributed by atoms with Gasteiger partial charge in [0.1, 0.15) is 11.5 Å². The SMILES string of the molecule is COc1cc(OC)cc(C2CCCN(C[C@H](OC(=O)Nc3ccc(Cl)cc3)C(F)(F)F)C2)c1. The number of hydrogen-bond donors (Lipinski definition) is 1.